The lowest BCUT2D eigenvalue weighted by Crippen LogP contribution is -2.35. The van der Waals surface area contributed by atoms with Gasteiger partial charge in [-0.1, -0.05) is 29.0 Å². The Bertz CT molecular complexity index is 1050. The van der Waals surface area contributed by atoms with Crippen molar-refractivity contribution in [2.45, 2.75) is 33.4 Å². The molecule has 0 aliphatic heterocycles. The average Bonchev–Trinajstić information content (AvgIpc) is 2.57. The van der Waals surface area contributed by atoms with E-state index in [0.717, 1.165) is 27.4 Å². The molecule has 1 amide bonds. The van der Waals surface area contributed by atoms with E-state index in [9.17, 15) is 14.0 Å². The Kier molecular flexibility index (Phi) is 4.79. The number of halogens is 1. The average molecular weight is 354 g/mol. The van der Waals surface area contributed by atoms with Gasteiger partial charge in [0.05, 0.1) is 11.4 Å². The van der Waals surface area contributed by atoms with Crippen LogP contribution in [0.5, 0.6) is 0 Å². The first-order valence-electron chi connectivity index (χ1n) is 8.24. The van der Waals surface area contributed by atoms with E-state index in [2.05, 4.69) is 15.6 Å². The number of carbonyl (C=O) groups is 1. The molecule has 7 heteroatoms. The summed E-state index contributed by atoms with van der Waals surface area (Å²) in [7, 11) is 0. The van der Waals surface area contributed by atoms with Gasteiger partial charge in [0.25, 0.3) is 5.56 Å². The largest absolute Gasteiger partial charge is 0.348 e. The second kappa shape index (κ2) is 7.03. The Morgan fingerprint density at radius 2 is 2.00 bits per heavy atom. The highest BCUT2D eigenvalue weighted by Crippen LogP contribution is 2.18. The maximum atomic E-state index is 13.4. The summed E-state index contributed by atoms with van der Waals surface area (Å²) in [6, 6.07) is 9.47. The maximum Gasteiger partial charge on any atom is 0.278 e. The van der Waals surface area contributed by atoms with Crippen molar-refractivity contribution >= 4 is 16.8 Å². The molecule has 134 valence electrons. The molecule has 0 unspecified atom stereocenters. The molecular weight excluding hydrogens is 335 g/mol. The van der Waals surface area contributed by atoms with Crippen LogP contribution in [0.3, 0.4) is 0 Å². The molecule has 6 nitrogen and oxygen atoms in total. The van der Waals surface area contributed by atoms with Gasteiger partial charge in [0.1, 0.15) is 17.9 Å². The van der Waals surface area contributed by atoms with Crippen molar-refractivity contribution in [1.29, 1.82) is 0 Å². The fourth-order valence-electron chi connectivity index (χ4n) is 2.96. The van der Waals surface area contributed by atoms with Crippen LogP contribution in [0.1, 0.15) is 29.7 Å². The topological polar surface area (TPSA) is 76.9 Å². The molecule has 3 aromatic rings. The van der Waals surface area contributed by atoms with Gasteiger partial charge in [-0.05, 0) is 50.1 Å². The van der Waals surface area contributed by atoms with Crippen molar-refractivity contribution in [2.75, 3.05) is 0 Å². The summed E-state index contributed by atoms with van der Waals surface area (Å²) in [6.45, 7) is 5.58. The number of aromatic nitrogens is 3. The summed E-state index contributed by atoms with van der Waals surface area (Å²) in [5.41, 5.74) is 2.97. The number of fused-ring (bicyclic) bond motifs is 1. The van der Waals surface area contributed by atoms with Crippen LogP contribution in [-0.4, -0.2) is 20.9 Å². The third-order valence-corrected chi connectivity index (χ3v) is 4.25. The monoisotopic (exact) mass is 354 g/mol. The van der Waals surface area contributed by atoms with Crippen LogP contribution in [-0.2, 0) is 11.3 Å². The van der Waals surface area contributed by atoms with Gasteiger partial charge in [0, 0.05) is 0 Å². The second-order valence-electron chi connectivity index (χ2n) is 6.36. The van der Waals surface area contributed by atoms with Crippen LogP contribution in [0.4, 0.5) is 4.39 Å². The molecule has 3 rings (SSSR count). The van der Waals surface area contributed by atoms with Gasteiger partial charge in [0.15, 0.2) is 0 Å². The minimum absolute atomic E-state index is 0.0928. The molecule has 0 fully saturated rings. The van der Waals surface area contributed by atoms with Crippen LogP contribution in [0.2, 0.25) is 0 Å². The SMILES string of the molecule is Cc1ccc([C@H](C)NC(=O)Cn2nnc3ccc(F)cc3c2=O)c(C)c1. The Balaban J connectivity index is 1.78. The van der Waals surface area contributed by atoms with E-state index in [1.54, 1.807) is 0 Å². The Hall–Kier alpha value is -3.09. The molecule has 0 bridgehead atoms. The van der Waals surface area contributed by atoms with Crippen molar-refractivity contribution in [3.63, 3.8) is 0 Å². The maximum absolute atomic E-state index is 13.4. The van der Waals surface area contributed by atoms with Gasteiger partial charge in [-0.3, -0.25) is 9.59 Å². The van der Waals surface area contributed by atoms with Crippen LogP contribution < -0.4 is 10.9 Å². The van der Waals surface area contributed by atoms with E-state index in [4.69, 9.17) is 0 Å². The normalized spacial score (nSPS) is 12.2. The van der Waals surface area contributed by atoms with Gasteiger partial charge in [-0.25, -0.2) is 9.07 Å². The van der Waals surface area contributed by atoms with Crippen LogP contribution in [0.15, 0.2) is 41.2 Å². The molecule has 0 saturated heterocycles. The molecule has 26 heavy (non-hydrogen) atoms. The number of rotatable bonds is 4. The highest BCUT2D eigenvalue weighted by Gasteiger charge is 2.14. The molecule has 0 radical (unpaired) electrons. The van der Waals surface area contributed by atoms with Gasteiger partial charge in [-0.2, -0.15) is 0 Å². The third-order valence-electron chi connectivity index (χ3n) is 4.25. The van der Waals surface area contributed by atoms with Gasteiger partial charge in [-0.15, -0.1) is 5.10 Å². The molecule has 0 aliphatic rings. The van der Waals surface area contributed by atoms with Crippen LogP contribution >= 0.6 is 0 Å². The predicted molar refractivity (Wildman–Crippen MR) is 96.2 cm³/mol. The minimum Gasteiger partial charge on any atom is -0.348 e. The lowest BCUT2D eigenvalue weighted by molar-refractivity contribution is -0.122. The quantitative estimate of drug-likeness (QED) is 0.781. The predicted octanol–water partition coefficient (Wildman–Crippen LogP) is 2.42. The summed E-state index contributed by atoms with van der Waals surface area (Å²) in [4.78, 5) is 24.7. The van der Waals surface area contributed by atoms with Crippen molar-refractivity contribution in [2.24, 2.45) is 0 Å². The number of amides is 1. The number of aryl methyl sites for hydroxylation is 2. The van der Waals surface area contributed by atoms with E-state index >= 15 is 0 Å². The summed E-state index contributed by atoms with van der Waals surface area (Å²) >= 11 is 0. The molecule has 1 N–H and O–H groups in total. The fourth-order valence-corrected chi connectivity index (χ4v) is 2.96. The summed E-state index contributed by atoms with van der Waals surface area (Å²) in [5, 5.41) is 10.6. The Morgan fingerprint density at radius 1 is 1.23 bits per heavy atom. The van der Waals surface area contributed by atoms with E-state index in [1.165, 1.54) is 12.1 Å². The highest BCUT2D eigenvalue weighted by molar-refractivity contribution is 5.78. The third kappa shape index (κ3) is 3.61. The molecule has 1 atom stereocenters. The molecule has 0 aliphatic carbocycles. The zero-order valence-electron chi connectivity index (χ0n) is 14.8. The lowest BCUT2D eigenvalue weighted by atomic mass is 10.0. The minimum atomic E-state index is -0.552. The van der Waals surface area contributed by atoms with E-state index in [-0.39, 0.29) is 29.4 Å². The molecule has 1 aromatic heterocycles. The Labute approximate surface area is 149 Å². The molecular formula is C19H19FN4O2. The number of hydrogen-bond donors (Lipinski definition) is 1. The number of nitrogens with one attached hydrogen (secondary N) is 1. The number of carbonyl (C=O) groups excluding carboxylic acids is 1. The van der Waals surface area contributed by atoms with Crippen molar-refractivity contribution < 1.29 is 9.18 Å². The lowest BCUT2D eigenvalue weighted by Gasteiger charge is -2.17. The smallest absolute Gasteiger partial charge is 0.278 e. The highest BCUT2D eigenvalue weighted by atomic mass is 19.1. The van der Waals surface area contributed by atoms with Gasteiger partial charge >= 0.3 is 0 Å². The summed E-state index contributed by atoms with van der Waals surface area (Å²) in [5.74, 6) is -0.910. The van der Waals surface area contributed by atoms with Gasteiger partial charge < -0.3 is 5.32 Å². The number of nitrogens with zero attached hydrogens (tertiary/aromatic N) is 3. The fraction of sp³-hybridized carbons (Fsp3) is 0.263. The molecule has 0 spiro atoms. The Morgan fingerprint density at radius 3 is 2.73 bits per heavy atom. The summed E-state index contributed by atoms with van der Waals surface area (Å²) in [6.07, 6.45) is 0. The second-order valence-corrected chi connectivity index (χ2v) is 6.36. The number of hydrogen-bond acceptors (Lipinski definition) is 4. The van der Waals surface area contributed by atoms with E-state index in [0.29, 0.717) is 0 Å². The van der Waals surface area contributed by atoms with Crippen molar-refractivity contribution in [1.82, 2.24) is 20.3 Å². The van der Waals surface area contributed by atoms with Crippen molar-refractivity contribution in [3.8, 4) is 0 Å². The van der Waals surface area contributed by atoms with Crippen LogP contribution in [0.25, 0.3) is 10.9 Å². The van der Waals surface area contributed by atoms with Crippen molar-refractivity contribution in [3.05, 3.63) is 69.3 Å². The van der Waals surface area contributed by atoms with Gasteiger partial charge in [0.2, 0.25) is 5.91 Å². The number of benzene rings is 2. The standard InChI is InChI=1S/C19H19FN4O2/c1-11-4-6-15(12(2)8-11)13(3)21-18(25)10-24-19(26)16-9-14(20)5-7-17(16)22-23-24/h4-9,13H,10H2,1-3H3,(H,21,25)/t13-/m0/s1. The van der Waals surface area contributed by atoms with E-state index < -0.39 is 11.4 Å². The zero-order chi connectivity index (χ0) is 18.8. The molecule has 2 aromatic carbocycles. The first-order valence-corrected chi connectivity index (χ1v) is 8.24. The molecule has 1 heterocycles. The zero-order valence-corrected chi connectivity index (χ0v) is 14.8. The first-order chi connectivity index (χ1) is 12.3. The summed E-state index contributed by atoms with van der Waals surface area (Å²) < 4.78 is 14.3. The van der Waals surface area contributed by atoms with Crippen LogP contribution in [0, 0.1) is 19.7 Å². The van der Waals surface area contributed by atoms with E-state index in [1.807, 2.05) is 39.0 Å². The molecule has 0 saturated carbocycles. The first kappa shape index (κ1) is 17.7.